The van der Waals surface area contributed by atoms with Crippen LogP contribution in [0.5, 0.6) is 11.5 Å². The van der Waals surface area contributed by atoms with Crippen molar-refractivity contribution in [2.45, 2.75) is 13.2 Å². The van der Waals surface area contributed by atoms with Crippen LogP contribution in [-0.4, -0.2) is 13.0 Å². The molecular weight excluding hydrogens is 318 g/mol. The van der Waals surface area contributed by atoms with Crippen LogP contribution in [0.2, 0.25) is 0 Å². The highest BCUT2D eigenvalue weighted by atomic mass is 16.5. The molecule has 3 rings (SSSR count). The fraction of sp³-hybridized carbons (Fsp3) is 0.150. The number of para-hydroxylation sites is 1. The first-order valence-electron chi connectivity index (χ1n) is 7.92. The first-order valence-corrected chi connectivity index (χ1v) is 7.92. The molecule has 5 heteroatoms. The first kappa shape index (κ1) is 16.8. The third kappa shape index (κ3) is 4.71. The van der Waals surface area contributed by atoms with Crippen LogP contribution in [0, 0.1) is 0 Å². The van der Waals surface area contributed by atoms with Crippen molar-refractivity contribution in [2.24, 2.45) is 0 Å². The molecule has 128 valence electrons. The smallest absolute Gasteiger partial charge is 0.287 e. The Kier molecular flexibility index (Phi) is 5.49. The summed E-state index contributed by atoms with van der Waals surface area (Å²) in [5, 5.41) is 2.83. The number of furan rings is 1. The summed E-state index contributed by atoms with van der Waals surface area (Å²) in [5.41, 5.74) is 0.936. The minimum absolute atomic E-state index is 0.267. The van der Waals surface area contributed by atoms with E-state index in [2.05, 4.69) is 5.32 Å². The summed E-state index contributed by atoms with van der Waals surface area (Å²) in [6, 6.07) is 20.5. The molecule has 1 heterocycles. The van der Waals surface area contributed by atoms with Gasteiger partial charge in [-0.2, -0.15) is 0 Å². The third-order valence-electron chi connectivity index (χ3n) is 3.50. The zero-order valence-corrected chi connectivity index (χ0v) is 13.9. The molecule has 0 saturated carbocycles. The van der Waals surface area contributed by atoms with Gasteiger partial charge in [0.15, 0.2) is 5.76 Å². The number of methoxy groups -OCH3 is 1. The summed E-state index contributed by atoms with van der Waals surface area (Å²) in [6.07, 6.45) is 0. The van der Waals surface area contributed by atoms with Crippen molar-refractivity contribution in [3.05, 3.63) is 83.8 Å². The maximum Gasteiger partial charge on any atom is 0.287 e. The van der Waals surface area contributed by atoms with Crippen LogP contribution in [0.3, 0.4) is 0 Å². The van der Waals surface area contributed by atoms with Gasteiger partial charge in [0.1, 0.15) is 23.9 Å². The van der Waals surface area contributed by atoms with Gasteiger partial charge in [-0.25, -0.2) is 0 Å². The molecule has 0 aliphatic rings. The van der Waals surface area contributed by atoms with Crippen molar-refractivity contribution in [2.75, 3.05) is 7.11 Å². The van der Waals surface area contributed by atoms with Gasteiger partial charge >= 0.3 is 0 Å². The summed E-state index contributed by atoms with van der Waals surface area (Å²) in [4.78, 5) is 12.1. The summed E-state index contributed by atoms with van der Waals surface area (Å²) in [7, 11) is 1.58. The van der Waals surface area contributed by atoms with E-state index in [0.717, 1.165) is 17.1 Å². The summed E-state index contributed by atoms with van der Waals surface area (Å²) >= 11 is 0. The Morgan fingerprint density at radius 2 is 1.80 bits per heavy atom. The maximum atomic E-state index is 12.1. The van der Waals surface area contributed by atoms with Gasteiger partial charge in [0.2, 0.25) is 0 Å². The summed E-state index contributed by atoms with van der Waals surface area (Å²) in [5.74, 6) is 2.11. The van der Waals surface area contributed by atoms with E-state index in [1.54, 1.807) is 19.2 Å². The molecule has 1 aromatic heterocycles. The lowest BCUT2D eigenvalue weighted by Gasteiger charge is -2.08. The number of hydrogen-bond acceptors (Lipinski definition) is 4. The zero-order chi connectivity index (χ0) is 17.5. The summed E-state index contributed by atoms with van der Waals surface area (Å²) in [6.45, 7) is 0.720. The average Bonchev–Trinajstić information content (AvgIpc) is 3.10. The number of hydrogen-bond donors (Lipinski definition) is 1. The number of benzene rings is 2. The Labute approximate surface area is 146 Å². The molecule has 0 aliphatic heterocycles. The zero-order valence-electron chi connectivity index (χ0n) is 13.9. The number of nitrogens with one attached hydrogen (secondary N) is 1. The molecule has 0 bridgehead atoms. The standard InChI is InChI=1S/C20H19NO4/c1-23-14-18-10-11-19(25-18)20(22)21-13-15-6-5-9-17(12-15)24-16-7-3-2-4-8-16/h2-12H,13-14H2,1H3,(H,21,22). The molecule has 1 amide bonds. The molecule has 25 heavy (non-hydrogen) atoms. The molecule has 3 aromatic rings. The predicted molar refractivity (Wildman–Crippen MR) is 93.5 cm³/mol. The van der Waals surface area contributed by atoms with Gasteiger partial charge in [0.05, 0.1) is 0 Å². The lowest BCUT2D eigenvalue weighted by molar-refractivity contribution is 0.0914. The maximum absolute atomic E-state index is 12.1. The molecule has 2 aromatic carbocycles. The Balaban J connectivity index is 1.59. The van der Waals surface area contributed by atoms with Gasteiger partial charge in [0, 0.05) is 13.7 Å². The van der Waals surface area contributed by atoms with Crippen molar-refractivity contribution < 1.29 is 18.7 Å². The van der Waals surface area contributed by atoms with Crippen LogP contribution < -0.4 is 10.1 Å². The molecule has 0 fully saturated rings. The van der Waals surface area contributed by atoms with E-state index in [-0.39, 0.29) is 11.7 Å². The molecule has 0 atom stereocenters. The van der Waals surface area contributed by atoms with Crippen LogP contribution in [0.25, 0.3) is 0 Å². The fourth-order valence-corrected chi connectivity index (χ4v) is 2.33. The van der Waals surface area contributed by atoms with E-state index < -0.39 is 0 Å². The molecule has 0 spiro atoms. The van der Waals surface area contributed by atoms with Crippen molar-refractivity contribution in [1.29, 1.82) is 0 Å². The van der Waals surface area contributed by atoms with E-state index >= 15 is 0 Å². The number of rotatable bonds is 7. The average molecular weight is 337 g/mol. The Morgan fingerprint density at radius 3 is 2.60 bits per heavy atom. The molecule has 5 nitrogen and oxygen atoms in total. The quantitative estimate of drug-likeness (QED) is 0.703. The summed E-state index contributed by atoms with van der Waals surface area (Å²) < 4.78 is 16.2. The van der Waals surface area contributed by atoms with Gasteiger partial charge in [-0.05, 0) is 42.0 Å². The van der Waals surface area contributed by atoms with E-state index in [1.165, 1.54) is 0 Å². The normalized spacial score (nSPS) is 10.4. The van der Waals surface area contributed by atoms with E-state index in [9.17, 15) is 4.79 Å². The first-order chi connectivity index (χ1) is 12.2. The largest absolute Gasteiger partial charge is 0.457 e. The van der Waals surface area contributed by atoms with Crippen LogP contribution in [0.4, 0.5) is 0 Å². The minimum atomic E-state index is -0.267. The van der Waals surface area contributed by atoms with Crippen molar-refractivity contribution >= 4 is 5.91 Å². The fourth-order valence-electron chi connectivity index (χ4n) is 2.33. The van der Waals surface area contributed by atoms with Crippen molar-refractivity contribution in [3.8, 4) is 11.5 Å². The molecule has 0 unspecified atom stereocenters. The molecular formula is C20H19NO4. The van der Waals surface area contributed by atoms with Crippen LogP contribution in [0.15, 0.2) is 71.1 Å². The van der Waals surface area contributed by atoms with E-state index in [1.807, 2.05) is 54.6 Å². The van der Waals surface area contributed by atoms with Gasteiger partial charge in [-0.3, -0.25) is 4.79 Å². The Bertz CT molecular complexity index is 826. The highest BCUT2D eigenvalue weighted by Gasteiger charge is 2.11. The lowest BCUT2D eigenvalue weighted by Crippen LogP contribution is -2.22. The van der Waals surface area contributed by atoms with Gasteiger partial charge in [-0.1, -0.05) is 30.3 Å². The number of ether oxygens (including phenoxy) is 2. The monoisotopic (exact) mass is 337 g/mol. The highest BCUT2D eigenvalue weighted by molar-refractivity contribution is 5.91. The molecule has 0 aliphatic carbocycles. The van der Waals surface area contributed by atoms with Gasteiger partial charge in [0.25, 0.3) is 5.91 Å². The number of carbonyl (C=O) groups excluding carboxylic acids is 1. The predicted octanol–water partition coefficient (Wildman–Crippen LogP) is 4.15. The molecule has 0 radical (unpaired) electrons. The van der Waals surface area contributed by atoms with Crippen LogP contribution in [0.1, 0.15) is 21.9 Å². The van der Waals surface area contributed by atoms with E-state index in [0.29, 0.717) is 18.9 Å². The second kappa shape index (κ2) is 8.17. The molecule has 0 saturated heterocycles. The Morgan fingerprint density at radius 1 is 1.00 bits per heavy atom. The van der Waals surface area contributed by atoms with Gasteiger partial charge < -0.3 is 19.2 Å². The SMILES string of the molecule is COCc1ccc(C(=O)NCc2cccc(Oc3ccccc3)c2)o1. The number of carbonyl (C=O) groups is 1. The molecule has 1 N–H and O–H groups in total. The third-order valence-corrected chi connectivity index (χ3v) is 3.50. The lowest BCUT2D eigenvalue weighted by atomic mass is 10.2. The minimum Gasteiger partial charge on any atom is -0.457 e. The Hall–Kier alpha value is -3.05. The van der Waals surface area contributed by atoms with Crippen molar-refractivity contribution in [3.63, 3.8) is 0 Å². The second-order valence-electron chi connectivity index (χ2n) is 5.44. The van der Waals surface area contributed by atoms with E-state index in [4.69, 9.17) is 13.9 Å². The van der Waals surface area contributed by atoms with Crippen LogP contribution >= 0.6 is 0 Å². The van der Waals surface area contributed by atoms with Gasteiger partial charge in [-0.15, -0.1) is 0 Å². The highest BCUT2D eigenvalue weighted by Crippen LogP contribution is 2.21. The van der Waals surface area contributed by atoms with Crippen LogP contribution in [-0.2, 0) is 17.9 Å². The number of amides is 1. The van der Waals surface area contributed by atoms with Crippen molar-refractivity contribution in [1.82, 2.24) is 5.32 Å². The topological polar surface area (TPSA) is 60.7 Å². The second-order valence-corrected chi connectivity index (χ2v) is 5.44.